The van der Waals surface area contributed by atoms with Gasteiger partial charge in [-0.15, -0.1) is 10.7 Å². The van der Waals surface area contributed by atoms with Crippen LogP contribution in [0.25, 0.3) is 0 Å². The van der Waals surface area contributed by atoms with E-state index in [-0.39, 0.29) is 36.3 Å². The van der Waals surface area contributed by atoms with Gasteiger partial charge < -0.3 is 26.1 Å². The van der Waals surface area contributed by atoms with Crippen LogP contribution >= 0.6 is 0 Å². The van der Waals surface area contributed by atoms with Gasteiger partial charge in [-0.2, -0.15) is 9.83 Å². The highest BCUT2D eigenvalue weighted by Crippen LogP contribution is 2.32. The number of carbonyl (C=O) groups excluding carboxylic acids is 1. The Labute approximate surface area is 207 Å². The summed E-state index contributed by atoms with van der Waals surface area (Å²) in [5.41, 5.74) is 5.06. The highest BCUT2D eigenvalue weighted by Gasteiger charge is 2.40. The van der Waals surface area contributed by atoms with E-state index >= 15 is 0 Å². The van der Waals surface area contributed by atoms with E-state index in [4.69, 9.17) is 15.8 Å². The molecular weight excluding hydrogens is 466 g/mol. The number of pyridine rings is 1. The third-order valence-corrected chi connectivity index (χ3v) is 6.04. The van der Waals surface area contributed by atoms with E-state index in [9.17, 15) is 14.4 Å². The number of anilines is 2. The lowest BCUT2D eigenvalue weighted by Gasteiger charge is -2.39. The van der Waals surface area contributed by atoms with Crippen molar-refractivity contribution in [1.29, 1.82) is 5.26 Å². The number of rotatable bonds is 5. The molecule has 4 heterocycles. The molecule has 0 bridgehead atoms. The van der Waals surface area contributed by atoms with Crippen LogP contribution in [0.4, 0.5) is 16.3 Å². The molecule has 2 atom stereocenters. The molecule has 2 unspecified atom stereocenters. The Hall–Kier alpha value is -4.33. The maximum Gasteiger partial charge on any atom is 0.374 e. The average Bonchev–Trinajstić information content (AvgIpc) is 3.26. The lowest BCUT2D eigenvalue weighted by atomic mass is 10.1. The first-order valence-corrected chi connectivity index (χ1v) is 11.4. The number of hydrogen-bond acceptors (Lipinski definition) is 10. The van der Waals surface area contributed by atoms with E-state index in [1.54, 1.807) is 24.0 Å². The molecule has 0 radical (unpaired) electrons. The summed E-state index contributed by atoms with van der Waals surface area (Å²) in [6, 6.07) is 5.71. The molecule has 1 saturated heterocycles. The fourth-order valence-corrected chi connectivity index (χ4v) is 4.40. The van der Waals surface area contributed by atoms with Crippen molar-refractivity contribution in [3.8, 4) is 17.9 Å². The summed E-state index contributed by atoms with van der Waals surface area (Å²) in [6.45, 7) is 3.09. The molecule has 1 amide bonds. The Morgan fingerprint density at radius 1 is 1.39 bits per heavy atom. The summed E-state index contributed by atoms with van der Waals surface area (Å²) in [7, 11) is 1.27. The molecule has 0 aliphatic carbocycles. The molecular formula is C23H27N9O4. The third kappa shape index (κ3) is 4.62. The molecule has 2 aromatic rings. The van der Waals surface area contributed by atoms with Gasteiger partial charge in [-0.3, -0.25) is 9.69 Å². The lowest BCUT2D eigenvalue weighted by molar-refractivity contribution is 0.149. The van der Waals surface area contributed by atoms with Crippen molar-refractivity contribution >= 4 is 17.5 Å². The number of carbonyl (C=O) groups is 1. The van der Waals surface area contributed by atoms with E-state index in [1.165, 1.54) is 13.2 Å². The van der Waals surface area contributed by atoms with Gasteiger partial charge in [-0.25, -0.2) is 14.6 Å². The molecule has 0 aromatic carbocycles. The van der Waals surface area contributed by atoms with Gasteiger partial charge in [0.1, 0.15) is 18.9 Å². The standard InChI is InChI=1S/C23H27N9O4/c1-3-4-11-30-18-19(28-21(30)29-10-6-7-15(25)14-29)32(36-2)23(35)31(20(18)33)22(34)26-13-17-9-5-8-16(12-24)27-17/h5,8-9,15,21,28H,6-7,10-11,13-14,25H2,1-2H3,(H,26,34). The van der Waals surface area contributed by atoms with Crippen molar-refractivity contribution in [3.05, 3.63) is 50.4 Å². The summed E-state index contributed by atoms with van der Waals surface area (Å²) >= 11 is 0. The average molecular weight is 494 g/mol. The first kappa shape index (κ1) is 24.8. The second-order valence-electron chi connectivity index (χ2n) is 8.35. The van der Waals surface area contributed by atoms with Crippen molar-refractivity contribution in [2.24, 2.45) is 5.73 Å². The number of nitrogens with zero attached hydrogens (tertiary/aromatic N) is 6. The van der Waals surface area contributed by atoms with E-state index < -0.39 is 23.6 Å². The quantitative estimate of drug-likeness (QED) is 0.443. The number of piperidine rings is 1. The second kappa shape index (κ2) is 10.5. The molecule has 4 N–H and O–H groups in total. The number of likely N-dealkylation sites (tertiary alicyclic amines) is 1. The Balaban J connectivity index is 1.72. The van der Waals surface area contributed by atoms with Crippen molar-refractivity contribution < 1.29 is 9.63 Å². The monoisotopic (exact) mass is 493 g/mol. The third-order valence-electron chi connectivity index (χ3n) is 6.04. The number of nitriles is 1. The number of hydrogen-bond donors (Lipinski definition) is 3. The van der Waals surface area contributed by atoms with Crippen LogP contribution in [0.5, 0.6) is 0 Å². The van der Waals surface area contributed by atoms with Gasteiger partial charge in [0.2, 0.25) is 0 Å². The fraction of sp³-hybridized carbons (Fsp3) is 0.435. The van der Waals surface area contributed by atoms with Crippen LogP contribution in [0.15, 0.2) is 27.8 Å². The van der Waals surface area contributed by atoms with Crippen LogP contribution in [-0.4, -0.2) is 64.3 Å². The minimum absolute atomic E-state index is 0.0245. The Morgan fingerprint density at radius 3 is 2.89 bits per heavy atom. The summed E-state index contributed by atoms with van der Waals surface area (Å²) < 4.78 is 1.36. The van der Waals surface area contributed by atoms with Gasteiger partial charge in [0.15, 0.2) is 17.8 Å². The maximum atomic E-state index is 13.6. The van der Waals surface area contributed by atoms with Crippen molar-refractivity contribution in [1.82, 2.24) is 24.5 Å². The summed E-state index contributed by atoms with van der Waals surface area (Å²) in [5.74, 6) is 5.93. The van der Waals surface area contributed by atoms with Crippen LogP contribution in [-0.2, 0) is 6.54 Å². The van der Waals surface area contributed by atoms with Gasteiger partial charge in [-0.05, 0) is 31.9 Å². The highest BCUT2D eigenvalue weighted by molar-refractivity contribution is 5.80. The molecule has 2 aliphatic heterocycles. The van der Waals surface area contributed by atoms with E-state index in [0.717, 1.165) is 24.1 Å². The zero-order valence-electron chi connectivity index (χ0n) is 20.0. The summed E-state index contributed by atoms with van der Waals surface area (Å²) in [4.78, 5) is 52.9. The number of amides is 1. The van der Waals surface area contributed by atoms with Crippen LogP contribution in [0, 0.1) is 23.2 Å². The van der Waals surface area contributed by atoms with Crippen molar-refractivity contribution in [3.63, 3.8) is 0 Å². The van der Waals surface area contributed by atoms with Gasteiger partial charge in [0.25, 0.3) is 5.56 Å². The van der Waals surface area contributed by atoms with Crippen LogP contribution in [0.1, 0.15) is 31.2 Å². The largest absolute Gasteiger partial charge is 0.411 e. The first-order valence-electron chi connectivity index (χ1n) is 11.4. The zero-order chi connectivity index (χ0) is 25.8. The summed E-state index contributed by atoms with van der Waals surface area (Å²) in [5, 5.41) is 14.7. The second-order valence-corrected chi connectivity index (χ2v) is 8.35. The fourth-order valence-electron chi connectivity index (χ4n) is 4.40. The molecule has 13 nitrogen and oxygen atoms in total. The molecule has 13 heteroatoms. The molecule has 2 aromatic heterocycles. The normalized spacial score (nSPS) is 18.9. The zero-order valence-corrected chi connectivity index (χ0v) is 20.0. The van der Waals surface area contributed by atoms with Gasteiger partial charge in [-0.1, -0.05) is 12.0 Å². The Morgan fingerprint density at radius 2 is 2.19 bits per heavy atom. The predicted molar refractivity (Wildman–Crippen MR) is 131 cm³/mol. The smallest absolute Gasteiger partial charge is 0.374 e. The summed E-state index contributed by atoms with van der Waals surface area (Å²) in [6.07, 6.45) is 1.28. The van der Waals surface area contributed by atoms with Gasteiger partial charge >= 0.3 is 11.7 Å². The van der Waals surface area contributed by atoms with Crippen LogP contribution in [0.3, 0.4) is 0 Å². The molecule has 0 saturated carbocycles. The molecule has 0 spiro atoms. The topological polar surface area (TPSA) is 164 Å². The molecule has 1 fully saturated rings. The Kier molecular flexibility index (Phi) is 7.24. The van der Waals surface area contributed by atoms with Crippen LogP contribution < -0.4 is 37.4 Å². The lowest BCUT2D eigenvalue weighted by Crippen LogP contribution is -2.56. The highest BCUT2D eigenvalue weighted by atomic mass is 16.7. The predicted octanol–water partition coefficient (Wildman–Crippen LogP) is -0.945. The molecule has 188 valence electrons. The number of nitrogens with two attached hydrogens (primary N) is 1. The first-order chi connectivity index (χ1) is 17.4. The SMILES string of the molecule is CC#CCN1c2c(n(OC)c(=O)n(C(=O)NCc3cccc(C#N)n3)c2=O)NC1N1CCCC(N)C1. The minimum atomic E-state index is -0.970. The number of nitrogens with one attached hydrogen (secondary N) is 2. The van der Waals surface area contributed by atoms with Gasteiger partial charge in [0, 0.05) is 19.1 Å². The Bertz CT molecular complexity index is 1380. The molecule has 36 heavy (non-hydrogen) atoms. The minimum Gasteiger partial charge on any atom is -0.411 e. The maximum absolute atomic E-state index is 13.6. The van der Waals surface area contributed by atoms with Crippen LogP contribution in [0.2, 0.25) is 0 Å². The number of aromatic nitrogens is 3. The van der Waals surface area contributed by atoms with Crippen molar-refractivity contribution in [2.45, 2.75) is 38.6 Å². The van der Waals surface area contributed by atoms with Crippen molar-refractivity contribution in [2.75, 3.05) is 37.0 Å². The van der Waals surface area contributed by atoms with E-state index in [1.807, 2.05) is 6.07 Å². The van der Waals surface area contributed by atoms with Gasteiger partial charge in [0.05, 0.1) is 18.8 Å². The molecule has 4 rings (SSSR count). The number of fused-ring (bicyclic) bond motifs is 1. The van der Waals surface area contributed by atoms with E-state index in [2.05, 4.69) is 32.4 Å². The van der Waals surface area contributed by atoms with E-state index in [0.29, 0.717) is 16.8 Å². The molecule has 2 aliphatic rings.